The molecule has 0 spiro atoms. The maximum absolute atomic E-state index is 10.4. The van der Waals surface area contributed by atoms with Crippen LogP contribution < -0.4 is 0 Å². The summed E-state index contributed by atoms with van der Waals surface area (Å²) in [6.07, 6.45) is 5.60. The molecular weight excluding hydrogens is 151 g/mol. The summed E-state index contributed by atoms with van der Waals surface area (Å²) in [4.78, 5) is 10.4. The second kappa shape index (κ2) is 10.3. The number of carbonyl (C=O) groups excluding carboxylic acids is 1. The van der Waals surface area contributed by atoms with E-state index < -0.39 is 0 Å². The van der Waals surface area contributed by atoms with E-state index in [0.29, 0.717) is 5.78 Å². The average Bonchev–Trinajstić information content (AvgIpc) is 1.80. The third kappa shape index (κ3) is 12.0. The molecule has 0 aromatic rings. The number of rotatable bonds is 5. The van der Waals surface area contributed by atoms with Crippen LogP contribution in [-0.4, -0.2) is 57.2 Å². The van der Waals surface area contributed by atoms with Crippen molar-refractivity contribution in [3.05, 3.63) is 0 Å². The molecule has 0 bridgehead atoms. The zero-order valence-electron chi connectivity index (χ0n) is 6.44. The van der Waals surface area contributed by atoms with Gasteiger partial charge in [-0.15, -0.1) is 0 Å². The Labute approximate surface area is 106 Å². The van der Waals surface area contributed by atoms with Gasteiger partial charge in [0.2, 0.25) is 0 Å². The summed E-state index contributed by atoms with van der Waals surface area (Å²) in [6.45, 7) is 3.83. The van der Waals surface area contributed by atoms with Crippen molar-refractivity contribution in [2.75, 3.05) is 0 Å². The van der Waals surface area contributed by atoms with Crippen LogP contribution in [0.3, 0.4) is 0 Å². The van der Waals surface area contributed by atoms with Gasteiger partial charge in [0.15, 0.2) is 0 Å². The Balaban J connectivity index is 0. The fraction of sp³-hybridized carbons (Fsp3) is 0.875. The molecule has 0 unspecified atom stereocenters. The summed E-state index contributed by atoms with van der Waals surface area (Å²) in [5.41, 5.74) is 0. The van der Waals surface area contributed by atoms with Crippen molar-refractivity contribution in [1.82, 2.24) is 0 Å². The summed E-state index contributed by atoms with van der Waals surface area (Å²) in [6, 6.07) is 0. The molecule has 0 aromatic heterocycles. The molecule has 0 aromatic carbocycles. The van der Waals surface area contributed by atoms with Crippen LogP contribution in [0.5, 0.6) is 0 Å². The molecule has 10 heavy (non-hydrogen) atoms. The van der Waals surface area contributed by atoms with E-state index in [9.17, 15) is 4.79 Å². The summed E-state index contributed by atoms with van der Waals surface area (Å²) in [5.74, 6) is 0.325. The van der Waals surface area contributed by atoms with Crippen LogP contribution in [0.1, 0.15) is 46.0 Å². The Morgan fingerprint density at radius 3 is 2.20 bits per heavy atom. The molecule has 0 N–H and O–H groups in total. The first-order valence-corrected chi connectivity index (χ1v) is 3.76. The predicted octanol–water partition coefficient (Wildman–Crippen LogP) is 1.90. The van der Waals surface area contributed by atoms with Gasteiger partial charge in [-0.05, 0) is 13.3 Å². The molecular formula is C8H17KO. The van der Waals surface area contributed by atoms with Crippen molar-refractivity contribution in [3.63, 3.8) is 0 Å². The number of ketones is 1. The van der Waals surface area contributed by atoms with E-state index in [0.717, 1.165) is 12.8 Å². The van der Waals surface area contributed by atoms with Crippen LogP contribution >= 0.6 is 0 Å². The van der Waals surface area contributed by atoms with E-state index in [4.69, 9.17) is 0 Å². The van der Waals surface area contributed by atoms with Gasteiger partial charge in [-0.3, -0.25) is 0 Å². The van der Waals surface area contributed by atoms with Crippen molar-refractivity contribution in [3.8, 4) is 0 Å². The van der Waals surface area contributed by atoms with Gasteiger partial charge in [0.25, 0.3) is 0 Å². The molecule has 0 saturated carbocycles. The Morgan fingerprint density at radius 2 is 1.80 bits per heavy atom. The molecule has 0 aliphatic heterocycles. The Hall–Kier alpha value is 1.31. The van der Waals surface area contributed by atoms with Gasteiger partial charge in [0.05, 0.1) is 0 Å². The van der Waals surface area contributed by atoms with Gasteiger partial charge in [0.1, 0.15) is 5.78 Å². The first-order valence-electron chi connectivity index (χ1n) is 3.76. The zero-order valence-corrected chi connectivity index (χ0v) is 6.44. The van der Waals surface area contributed by atoms with Gasteiger partial charge >= 0.3 is 51.4 Å². The predicted molar refractivity (Wildman–Crippen MR) is 46.6 cm³/mol. The van der Waals surface area contributed by atoms with E-state index in [1.54, 1.807) is 6.92 Å². The SMILES string of the molecule is CCCCCCC(C)=O.[KH]. The molecule has 0 radical (unpaired) electrons. The molecule has 0 aliphatic rings. The van der Waals surface area contributed by atoms with Gasteiger partial charge < -0.3 is 4.79 Å². The van der Waals surface area contributed by atoms with Gasteiger partial charge in [-0.1, -0.05) is 26.2 Å². The molecule has 0 atom stereocenters. The van der Waals surface area contributed by atoms with E-state index in [2.05, 4.69) is 6.92 Å². The maximum atomic E-state index is 10.4. The van der Waals surface area contributed by atoms with Gasteiger partial charge in [0, 0.05) is 6.42 Å². The molecule has 0 heterocycles. The second-order valence-electron chi connectivity index (χ2n) is 2.51. The quantitative estimate of drug-likeness (QED) is 0.452. The van der Waals surface area contributed by atoms with Gasteiger partial charge in [-0.25, -0.2) is 0 Å². The van der Waals surface area contributed by atoms with Crippen LogP contribution in [0.2, 0.25) is 0 Å². The molecule has 0 fully saturated rings. The Morgan fingerprint density at radius 1 is 1.20 bits per heavy atom. The number of hydrogen-bond donors (Lipinski definition) is 0. The Bertz CT molecular complexity index is 81.3. The van der Waals surface area contributed by atoms with Crippen LogP contribution in [0.25, 0.3) is 0 Å². The van der Waals surface area contributed by atoms with E-state index in [1.165, 1.54) is 19.3 Å². The minimum atomic E-state index is 0. The van der Waals surface area contributed by atoms with Crippen molar-refractivity contribution in [2.45, 2.75) is 46.0 Å². The standard InChI is InChI=1S/C8H16O.K.H/c1-3-4-5-6-7-8(2)9;;/h3-7H2,1-2H3;;. The zero-order chi connectivity index (χ0) is 7.11. The van der Waals surface area contributed by atoms with Crippen molar-refractivity contribution < 1.29 is 4.79 Å². The number of hydrogen-bond acceptors (Lipinski definition) is 1. The molecule has 56 valence electrons. The third-order valence-corrected chi connectivity index (χ3v) is 1.38. The normalized spacial score (nSPS) is 8.60. The fourth-order valence-corrected chi connectivity index (χ4v) is 0.801. The van der Waals surface area contributed by atoms with Crippen LogP contribution in [0, 0.1) is 0 Å². The van der Waals surface area contributed by atoms with E-state index >= 15 is 0 Å². The molecule has 0 aliphatic carbocycles. The van der Waals surface area contributed by atoms with Gasteiger partial charge in [-0.2, -0.15) is 0 Å². The molecule has 0 amide bonds. The number of carbonyl (C=O) groups is 1. The monoisotopic (exact) mass is 168 g/mol. The molecule has 0 saturated heterocycles. The summed E-state index contributed by atoms with van der Waals surface area (Å²) in [7, 11) is 0. The third-order valence-electron chi connectivity index (χ3n) is 1.38. The summed E-state index contributed by atoms with van der Waals surface area (Å²) in [5, 5.41) is 0. The first kappa shape index (κ1) is 13.9. The minimum absolute atomic E-state index is 0. The fourth-order valence-electron chi connectivity index (χ4n) is 0.801. The summed E-state index contributed by atoms with van der Waals surface area (Å²) < 4.78 is 0. The molecule has 2 heteroatoms. The van der Waals surface area contributed by atoms with Crippen LogP contribution in [0.4, 0.5) is 0 Å². The molecule has 1 nitrogen and oxygen atoms in total. The average molecular weight is 168 g/mol. The first-order chi connectivity index (χ1) is 4.27. The number of Topliss-reactive ketones (excluding diaryl/α,β-unsaturated/α-hetero) is 1. The van der Waals surface area contributed by atoms with Crippen molar-refractivity contribution >= 4 is 57.2 Å². The topological polar surface area (TPSA) is 17.1 Å². The number of unbranched alkanes of at least 4 members (excludes halogenated alkanes) is 3. The molecule has 0 rings (SSSR count). The summed E-state index contributed by atoms with van der Waals surface area (Å²) >= 11 is 0. The Kier molecular flexibility index (Phi) is 14.3. The van der Waals surface area contributed by atoms with Crippen molar-refractivity contribution in [1.29, 1.82) is 0 Å². The van der Waals surface area contributed by atoms with E-state index in [1.807, 2.05) is 0 Å². The van der Waals surface area contributed by atoms with E-state index in [-0.39, 0.29) is 51.4 Å². The second-order valence-corrected chi connectivity index (χ2v) is 2.51. The van der Waals surface area contributed by atoms with Crippen molar-refractivity contribution in [2.24, 2.45) is 0 Å². The van der Waals surface area contributed by atoms with Crippen LogP contribution in [0.15, 0.2) is 0 Å². The van der Waals surface area contributed by atoms with Crippen LogP contribution in [-0.2, 0) is 4.79 Å².